The van der Waals surface area contributed by atoms with Crippen molar-refractivity contribution < 1.29 is 39.7 Å². The smallest absolute Gasteiger partial charge is 0.305 e. The highest BCUT2D eigenvalue weighted by Gasteiger charge is 1.98. The number of ether oxygens (including phenoxy) is 1. The summed E-state index contributed by atoms with van der Waals surface area (Å²) in [4.78, 5) is 11.8. The summed E-state index contributed by atoms with van der Waals surface area (Å²) in [5.41, 5.74) is 0. The van der Waals surface area contributed by atoms with E-state index in [1.165, 1.54) is 0 Å². The van der Waals surface area contributed by atoms with Gasteiger partial charge >= 0.3 is 5.97 Å². The van der Waals surface area contributed by atoms with E-state index in [0.717, 1.165) is 0 Å². The standard InChI is InChI=1S/C14H27BrO2/c1-17-14(16)12-10-8-6-4-2-3-5-7-9-11-13-15/h2-13H2,1H3/i2D2,3D2,4D2,5D2,6D2,7D2,8D2,9D2,10D2,11D2,12D2. The molecule has 0 saturated heterocycles. The predicted molar refractivity (Wildman–Crippen MR) is 76.6 cm³/mol. The van der Waals surface area contributed by atoms with Crippen LogP contribution in [0.15, 0.2) is 0 Å². The van der Waals surface area contributed by atoms with Gasteiger partial charge in [-0.25, -0.2) is 0 Å². The first-order chi connectivity index (χ1) is 16.5. The zero-order valence-corrected chi connectivity index (χ0v) is 10.5. The van der Waals surface area contributed by atoms with Gasteiger partial charge in [-0.2, -0.15) is 0 Å². The Morgan fingerprint density at radius 2 is 1.35 bits per heavy atom. The van der Waals surface area contributed by atoms with Gasteiger partial charge in [-0.15, -0.1) is 0 Å². The molecule has 0 atom stereocenters. The van der Waals surface area contributed by atoms with E-state index in [1.807, 2.05) is 0 Å². The van der Waals surface area contributed by atoms with Crippen molar-refractivity contribution in [3.05, 3.63) is 0 Å². The van der Waals surface area contributed by atoms with E-state index < -0.39 is 81.4 Å². The van der Waals surface area contributed by atoms with E-state index >= 15 is 0 Å². The Kier molecular flexibility index (Phi) is 2.47. The van der Waals surface area contributed by atoms with Crippen LogP contribution in [0, 0.1) is 0 Å². The number of rotatable bonds is 12. The first kappa shape index (κ1) is 2.99. The minimum absolute atomic E-state index is 0.569. The minimum atomic E-state index is -4.73. The molecule has 2 nitrogen and oxygen atoms in total. The highest BCUT2D eigenvalue weighted by Crippen LogP contribution is 2.11. The van der Waals surface area contributed by atoms with Crippen LogP contribution in [-0.4, -0.2) is 18.4 Å². The Bertz CT molecular complexity index is 924. The van der Waals surface area contributed by atoms with Crippen molar-refractivity contribution in [1.82, 2.24) is 0 Å². The van der Waals surface area contributed by atoms with E-state index in [2.05, 4.69) is 20.7 Å². The number of carbonyl (C=O) groups is 1. The summed E-state index contributed by atoms with van der Waals surface area (Å²) in [5.74, 6) is -2.07. The average molecular weight is 329 g/mol. The molecular weight excluding hydrogens is 280 g/mol. The molecule has 0 aromatic carbocycles. The van der Waals surface area contributed by atoms with Crippen LogP contribution in [-0.2, 0) is 9.53 Å². The maximum atomic E-state index is 11.8. The van der Waals surface area contributed by atoms with Crippen molar-refractivity contribution in [3.63, 3.8) is 0 Å². The Hall–Kier alpha value is -0.0500. The van der Waals surface area contributed by atoms with Crippen molar-refractivity contribution in [2.45, 2.75) is 70.1 Å². The summed E-state index contributed by atoms with van der Waals surface area (Å²) in [7, 11) is 0.569. The van der Waals surface area contributed by atoms with E-state index in [1.54, 1.807) is 0 Å². The molecule has 0 saturated carbocycles. The third-order valence-electron chi connectivity index (χ3n) is 1.01. The molecule has 0 aromatic rings. The van der Waals surface area contributed by atoms with Crippen LogP contribution in [0.2, 0.25) is 0 Å². The van der Waals surface area contributed by atoms with Crippen molar-refractivity contribution in [2.24, 2.45) is 0 Å². The molecule has 102 valence electrons. The molecule has 0 aromatic heterocycles. The molecule has 0 aliphatic carbocycles. The lowest BCUT2D eigenvalue weighted by atomic mass is 10.1. The van der Waals surface area contributed by atoms with E-state index in [0.29, 0.717) is 7.11 Å². The quantitative estimate of drug-likeness (QED) is 0.378. The zero-order valence-electron chi connectivity index (χ0n) is 30.9. The Labute approximate surface area is 146 Å². The summed E-state index contributed by atoms with van der Waals surface area (Å²) in [5, 5.41) is -0.959. The number of hydrogen-bond acceptors (Lipinski definition) is 2. The molecule has 17 heavy (non-hydrogen) atoms. The van der Waals surface area contributed by atoms with Gasteiger partial charge in [0, 0.05) is 41.9 Å². The summed E-state index contributed by atoms with van der Waals surface area (Å²) in [6.07, 6.45) is -47.8. The number of esters is 1. The fourth-order valence-electron chi connectivity index (χ4n) is 0.430. The lowest BCUT2D eigenvalue weighted by molar-refractivity contribution is -0.140. The number of alkyl halides is 1. The van der Waals surface area contributed by atoms with Crippen molar-refractivity contribution in [3.8, 4) is 0 Å². The molecule has 0 amide bonds. The third-order valence-corrected chi connectivity index (χ3v) is 1.29. The van der Waals surface area contributed by atoms with Gasteiger partial charge < -0.3 is 4.74 Å². The van der Waals surface area contributed by atoms with Gasteiger partial charge in [-0.3, -0.25) is 4.79 Å². The zero-order chi connectivity index (χ0) is 32.5. The molecule has 0 aliphatic rings. The molecule has 0 fully saturated rings. The van der Waals surface area contributed by atoms with Gasteiger partial charge in [0.25, 0.3) is 0 Å². The van der Waals surface area contributed by atoms with E-state index in [9.17, 15) is 4.79 Å². The number of carbonyl (C=O) groups excluding carboxylic acids is 1. The van der Waals surface area contributed by atoms with E-state index in [4.69, 9.17) is 30.2 Å². The Morgan fingerprint density at radius 3 is 1.76 bits per heavy atom. The number of halogens is 1. The van der Waals surface area contributed by atoms with Gasteiger partial charge in [-0.05, 0) is 12.7 Å². The van der Waals surface area contributed by atoms with Gasteiger partial charge in [0.1, 0.15) is 0 Å². The molecule has 0 N–H and O–H groups in total. The molecule has 0 radical (unpaired) electrons. The Morgan fingerprint density at radius 1 is 0.941 bits per heavy atom. The molecule has 0 heterocycles. The Balaban J connectivity index is 7.28. The number of hydrogen-bond donors (Lipinski definition) is 0. The molecule has 0 rings (SSSR count). The largest absolute Gasteiger partial charge is 0.469 e. The third kappa shape index (κ3) is 13.9. The topological polar surface area (TPSA) is 26.3 Å². The second-order valence-corrected chi connectivity index (χ2v) is 2.61. The summed E-state index contributed by atoms with van der Waals surface area (Å²) in [6.45, 7) is 0. The maximum absolute atomic E-state index is 11.8. The molecule has 3 heteroatoms. The SMILES string of the molecule is [2H]C([2H])(CBr)C([2H])([2H])C([2H])([2H])C([2H])([2H])C([2H])([2H])C([2H])([2H])C([2H])([2H])C([2H])([2H])C([2H])([2H])C([2H])([2H])C([2H])([2H])C(=O)OC. The monoisotopic (exact) mass is 328 g/mol. The molecule has 0 aliphatic heterocycles. The second kappa shape index (κ2) is 14.0. The van der Waals surface area contributed by atoms with Gasteiger partial charge in [-0.1, -0.05) is 66.9 Å². The summed E-state index contributed by atoms with van der Waals surface area (Å²) in [6, 6.07) is 0. The van der Waals surface area contributed by atoms with Crippen molar-refractivity contribution in [2.75, 3.05) is 12.4 Å². The second-order valence-electron chi connectivity index (χ2n) is 2.05. The first-order valence-electron chi connectivity index (χ1n) is 15.2. The van der Waals surface area contributed by atoms with Crippen LogP contribution in [0.4, 0.5) is 0 Å². The highest BCUT2D eigenvalue weighted by molar-refractivity contribution is 9.09. The van der Waals surface area contributed by atoms with Gasteiger partial charge in [0.05, 0.1) is 7.11 Å². The molecule has 0 bridgehead atoms. The number of methoxy groups -OCH3 is 1. The fraction of sp³-hybridized carbons (Fsp3) is 0.929. The highest BCUT2D eigenvalue weighted by atomic mass is 79.9. The first-order valence-corrected chi connectivity index (χ1v) is 5.31. The molecular formula is C14H27BrO2. The van der Waals surface area contributed by atoms with Crippen LogP contribution in [0.3, 0.4) is 0 Å². The van der Waals surface area contributed by atoms with E-state index in [-0.39, 0.29) is 0 Å². The van der Waals surface area contributed by atoms with Crippen LogP contribution in [0.1, 0.15) is 100 Å². The lowest BCUT2D eigenvalue weighted by Gasteiger charge is -2.02. The van der Waals surface area contributed by atoms with Crippen LogP contribution < -0.4 is 0 Å². The van der Waals surface area contributed by atoms with Crippen molar-refractivity contribution in [1.29, 1.82) is 0 Å². The molecule has 0 unspecified atom stereocenters. The van der Waals surface area contributed by atoms with Crippen LogP contribution in [0.25, 0.3) is 0 Å². The van der Waals surface area contributed by atoms with Crippen molar-refractivity contribution >= 4 is 21.9 Å². The minimum Gasteiger partial charge on any atom is -0.469 e. The van der Waals surface area contributed by atoms with Gasteiger partial charge in [0.15, 0.2) is 0 Å². The lowest BCUT2D eigenvalue weighted by Crippen LogP contribution is -1.99. The van der Waals surface area contributed by atoms with Gasteiger partial charge in [0.2, 0.25) is 0 Å². The maximum Gasteiger partial charge on any atom is 0.305 e. The predicted octanol–water partition coefficient (Wildman–Crippen LogP) is 4.85. The summed E-state index contributed by atoms with van der Waals surface area (Å²) < 4.78 is 178. The molecule has 0 spiro atoms. The van der Waals surface area contributed by atoms with Crippen LogP contribution in [0.5, 0.6) is 0 Å². The average Bonchev–Trinajstić information content (AvgIpc) is 2.76. The summed E-state index contributed by atoms with van der Waals surface area (Å²) >= 11 is 2.56. The normalized spacial score (nSPS) is 38.9. The fourth-order valence-corrected chi connectivity index (χ4v) is 0.570. The van der Waals surface area contributed by atoms with Crippen LogP contribution >= 0.6 is 15.9 Å².